The van der Waals surface area contributed by atoms with Crippen molar-refractivity contribution in [3.05, 3.63) is 21.9 Å². The van der Waals surface area contributed by atoms with Crippen molar-refractivity contribution in [2.45, 2.75) is 62.9 Å². The van der Waals surface area contributed by atoms with Crippen LogP contribution < -0.4 is 5.32 Å². The average molecular weight is 375 g/mol. The molecule has 26 heavy (non-hydrogen) atoms. The lowest BCUT2D eigenvalue weighted by Crippen LogP contribution is -2.48. The van der Waals surface area contributed by atoms with Crippen LogP contribution in [0.2, 0.25) is 0 Å². The molecule has 0 aromatic carbocycles. The van der Waals surface area contributed by atoms with Gasteiger partial charge in [0, 0.05) is 23.5 Å². The average Bonchev–Trinajstić information content (AvgIpc) is 3.22. The minimum absolute atomic E-state index is 0.154. The third kappa shape index (κ3) is 2.73. The molecule has 0 bridgehead atoms. The molecule has 2 heterocycles. The van der Waals surface area contributed by atoms with Gasteiger partial charge in [-0.2, -0.15) is 0 Å². The Balaban J connectivity index is 1.51. The van der Waals surface area contributed by atoms with Gasteiger partial charge in [-0.1, -0.05) is 19.3 Å². The number of hydrogen-bond acceptors (Lipinski definition) is 4. The van der Waals surface area contributed by atoms with E-state index in [4.69, 9.17) is 0 Å². The largest absolute Gasteiger partial charge is 0.341 e. The third-order valence-electron chi connectivity index (χ3n) is 6.15. The molecule has 1 aliphatic heterocycles. The number of imide groups is 1. The number of aryl methyl sites for hydroxylation is 1. The Kier molecular flexibility index (Phi) is 4.50. The monoisotopic (exact) mass is 375 g/mol. The van der Waals surface area contributed by atoms with Crippen LogP contribution in [0.4, 0.5) is 4.79 Å². The highest BCUT2D eigenvalue weighted by Crippen LogP contribution is 2.42. The highest BCUT2D eigenvalue weighted by Gasteiger charge is 2.54. The normalized spacial score (nSPS) is 26.1. The van der Waals surface area contributed by atoms with Gasteiger partial charge in [-0.05, 0) is 43.6 Å². The summed E-state index contributed by atoms with van der Waals surface area (Å²) in [5.74, 6) is -0.425. The molecular formula is C19H25N3O3S. The van der Waals surface area contributed by atoms with E-state index in [1.165, 1.54) is 6.42 Å². The van der Waals surface area contributed by atoms with Gasteiger partial charge >= 0.3 is 6.03 Å². The number of likely N-dealkylation sites (N-methyl/N-ethyl adjacent to an activating group) is 1. The first kappa shape index (κ1) is 17.5. The SMILES string of the molecule is CN(C(=O)CN1C(=O)NC2(CCCc3sccc32)C1=O)C1CCCCC1. The van der Waals surface area contributed by atoms with Gasteiger partial charge in [-0.15, -0.1) is 11.3 Å². The summed E-state index contributed by atoms with van der Waals surface area (Å²) >= 11 is 1.63. The molecule has 1 aromatic rings. The van der Waals surface area contributed by atoms with Gasteiger partial charge in [0.1, 0.15) is 12.1 Å². The Morgan fingerprint density at radius 2 is 2.08 bits per heavy atom. The van der Waals surface area contributed by atoms with E-state index in [0.717, 1.165) is 53.9 Å². The molecular weight excluding hydrogens is 350 g/mol. The Morgan fingerprint density at radius 1 is 1.31 bits per heavy atom. The second kappa shape index (κ2) is 6.68. The minimum atomic E-state index is -0.964. The molecule has 4 amide bonds. The summed E-state index contributed by atoms with van der Waals surface area (Å²) in [7, 11) is 1.80. The molecule has 1 aromatic heterocycles. The van der Waals surface area contributed by atoms with Gasteiger partial charge in [0.25, 0.3) is 5.91 Å². The quantitative estimate of drug-likeness (QED) is 0.826. The van der Waals surface area contributed by atoms with Crippen molar-refractivity contribution < 1.29 is 14.4 Å². The molecule has 1 N–H and O–H groups in total. The number of amides is 4. The van der Waals surface area contributed by atoms with Gasteiger partial charge in [-0.25, -0.2) is 4.79 Å². The Labute approximate surface area is 157 Å². The Morgan fingerprint density at radius 3 is 2.85 bits per heavy atom. The van der Waals surface area contributed by atoms with E-state index in [2.05, 4.69) is 5.32 Å². The molecule has 6 nitrogen and oxygen atoms in total. The third-order valence-corrected chi connectivity index (χ3v) is 7.13. The molecule has 7 heteroatoms. The number of fused-ring (bicyclic) bond motifs is 2. The van der Waals surface area contributed by atoms with Crippen molar-refractivity contribution in [1.29, 1.82) is 0 Å². The van der Waals surface area contributed by atoms with E-state index in [1.807, 2.05) is 11.4 Å². The highest BCUT2D eigenvalue weighted by atomic mass is 32.1. The van der Waals surface area contributed by atoms with E-state index in [0.29, 0.717) is 6.42 Å². The Hall–Kier alpha value is -1.89. The lowest BCUT2D eigenvalue weighted by atomic mass is 9.80. The maximum Gasteiger partial charge on any atom is 0.325 e. The van der Waals surface area contributed by atoms with Crippen LogP contribution in [0.3, 0.4) is 0 Å². The first-order valence-corrected chi connectivity index (χ1v) is 10.4. The second-order valence-corrected chi connectivity index (χ2v) is 8.63. The lowest BCUT2D eigenvalue weighted by molar-refractivity contribution is -0.140. The molecule has 2 fully saturated rings. The summed E-state index contributed by atoms with van der Waals surface area (Å²) in [6.07, 6.45) is 7.91. The van der Waals surface area contributed by atoms with E-state index in [1.54, 1.807) is 23.3 Å². The summed E-state index contributed by atoms with van der Waals surface area (Å²) in [5.41, 5.74) is -0.0448. The van der Waals surface area contributed by atoms with E-state index >= 15 is 0 Å². The summed E-state index contributed by atoms with van der Waals surface area (Å²) in [5, 5.41) is 4.88. The van der Waals surface area contributed by atoms with Gasteiger partial charge in [0.15, 0.2) is 0 Å². The number of carbonyl (C=O) groups is 3. The predicted octanol–water partition coefficient (Wildman–Crippen LogP) is 2.62. The van der Waals surface area contributed by atoms with Crippen molar-refractivity contribution in [2.24, 2.45) is 0 Å². The summed E-state index contributed by atoms with van der Waals surface area (Å²) in [6.45, 7) is -0.168. The number of carbonyl (C=O) groups excluding carboxylic acids is 3. The van der Waals surface area contributed by atoms with Crippen LogP contribution in [-0.4, -0.2) is 47.3 Å². The molecule has 1 unspecified atom stereocenters. The van der Waals surface area contributed by atoms with Crippen LogP contribution in [0.1, 0.15) is 55.4 Å². The molecule has 1 spiro atoms. The second-order valence-electron chi connectivity index (χ2n) is 7.63. The summed E-state index contributed by atoms with van der Waals surface area (Å²) < 4.78 is 0. The van der Waals surface area contributed by atoms with Crippen LogP contribution in [0.5, 0.6) is 0 Å². The summed E-state index contributed by atoms with van der Waals surface area (Å²) in [6, 6.07) is 1.72. The molecule has 0 radical (unpaired) electrons. The molecule has 1 saturated carbocycles. The van der Waals surface area contributed by atoms with Crippen LogP contribution in [-0.2, 0) is 21.5 Å². The van der Waals surface area contributed by atoms with E-state index in [-0.39, 0.29) is 24.4 Å². The minimum Gasteiger partial charge on any atom is -0.341 e. The van der Waals surface area contributed by atoms with Crippen molar-refractivity contribution in [2.75, 3.05) is 13.6 Å². The van der Waals surface area contributed by atoms with Crippen LogP contribution >= 0.6 is 11.3 Å². The first-order chi connectivity index (χ1) is 12.5. The van der Waals surface area contributed by atoms with Crippen LogP contribution in [0.25, 0.3) is 0 Å². The van der Waals surface area contributed by atoms with Crippen molar-refractivity contribution in [3.8, 4) is 0 Å². The molecule has 3 aliphatic rings. The van der Waals surface area contributed by atoms with Crippen molar-refractivity contribution >= 4 is 29.2 Å². The topological polar surface area (TPSA) is 69.7 Å². The van der Waals surface area contributed by atoms with Gasteiger partial charge in [-0.3, -0.25) is 14.5 Å². The van der Waals surface area contributed by atoms with Crippen LogP contribution in [0, 0.1) is 0 Å². The first-order valence-electron chi connectivity index (χ1n) is 9.49. The number of nitrogens with zero attached hydrogens (tertiary/aromatic N) is 2. The van der Waals surface area contributed by atoms with Gasteiger partial charge in [0.05, 0.1) is 0 Å². The van der Waals surface area contributed by atoms with E-state index < -0.39 is 11.6 Å². The summed E-state index contributed by atoms with van der Waals surface area (Å²) in [4.78, 5) is 42.4. The Bertz CT molecular complexity index is 740. The van der Waals surface area contributed by atoms with Crippen molar-refractivity contribution in [1.82, 2.24) is 15.1 Å². The van der Waals surface area contributed by atoms with Crippen molar-refractivity contribution in [3.63, 3.8) is 0 Å². The smallest absolute Gasteiger partial charge is 0.325 e. The zero-order chi connectivity index (χ0) is 18.3. The maximum atomic E-state index is 13.2. The van der Waals surface area contributed by atoms with Gasteiger partial charge < -0.3 is 10.2 Å². The number of hydrogen-bond donors (Lipinski definition) is 1. The number of nitrogens with one attached hydrogen (secondary N) is 1. The standard InChI is InChI=1S/C19H25N3O3S/c1-21(13-6-3-2-4-7-13)16(23)12-22-17(24)19(20-18(22)25)10-5-8-15-14(19)9-11-26-15/h9,11,13H,2-8,10,12H2,1H3,(H,20,25). The fourth-order valence-electron chi connectivity index (χ4n) is 4.60. The number of urea groups is 1. The maximum absolute atomic E-state index is 13.2. The molecule has 2 aliphatic carbocycles. The molecule has 1 atom stereocenters. The predicted molar refractivity (Wildman–Crippen MR) is 98.8 cm³/mol. The highest BCUT2D eigenvalue weighted by molar-refractivity contribution is 7.10. The fourth-order valence-corrected chi connectivity index (χ4v) is 5.60. The zero-order valence-corrected chi connectivity index (χ0v) is 15.9. The molecule has 140 valence electrons. The molecule has 1 saturated heterocycles. The molecule has 4 rings (SSSR count). The van der Waals surface area contributed by atoms with E-state index in [9.17, 15) is 14.4 Å². The lowest BCUT2D eigenvalue weighted by Gasteiger charge is -2.33. The van der Waals surface area contributed by atoms with Gasteiger partial charge in [0.2, 0.25) is 5.91 Å². The fraction of sp³-hybridized carbons (Fsp3) is 0.632. The number of rotatable bonds is 3. The van der Waals surface area contributed by atoms with Crippen LogP contribution in [0.15, 0.2) is 11.4 Å². The zero-order valence-electron chi connectivity index (χ0n) is 15.1. The number of thiophene rings is 1.